The van der Waals surface area contributed by atoms with E-state index in [0.29, 0.717) is 0 Å². The topological polar surface area (TPSA) is 66.8 Å². The van der Waals surface area contributed by atoms with Crippen molar-refractivity contribution in [1.29, 1.82) is 5.26 Å². The highest BCUT2D eigenvalue weighted by Crippen LogP contribution is 2.67. The third-order valence-corrected chi connectivity index (χ3v) is 12.1. The van der Waals surface area contributed by atoms with Crippen molar-refractivity contribution in [3.63, 3.8) is 0 Å². The van der Waals surface area contributed by atoms with Crippen LogP contribution in [0.2, 0.25) is 0 Å². The van der Waals surface area contributed by atoms with Gasteiger partial charge in [-0.3, -0.25) is 0 Å². The van der Waals surface area contributed by atoms with Gasteiger partial charge in [-0.2, -0.15) is 5.26 Å². The Morgan fingerprint density at radius 1 is 0.808 bits per heavy atom. The molecule has 4 aliphatic rings. The predicted octanol–water partition coefficient (Wildman–Crippen LogP) is 10.4. The molecule has 6 nitrogen and oxygen atoms in total. The number of nitriles is 1. The molecule has 1 spiro atoms. The Bertz CT molecular complexity index is 2280. The highest BCUT2D eigenvalue weighted by Gasteiger charge is 2.55. The van der Waals surface area contributed by atoms with Gasteiger partial charge in [-0.05, 0) is 100 Å². The monoisotopic (exact) mass is 687 g/mol. The minimum atomic E-state index is -0.936. The molecule has 0 bridgehead atoms. The van der Waals surface area contributed by atoms with Crippen molar-refractivity contribution in [3.05, 3.63) is 119 Å². The molecule has 1 fully saturated rings. The predicted molar refractivity (Wildman–Crippen MR) is 209 cm³/mol. The van der Waals surface area contributed by atoms with Crippen LogP contribution in [0.3, 0.4) is 0 Å². The molecule has 1 atom stereocenters. The summed E-state index contributed by atoms with van der Waals surface area (Å²) in [5.41, 5.74) is 9.58. The SMILES string of the molecule is COc1ccc(C2(c3ccc(OC)cc3)C=Cc3c4c(c5cc6c(cc5c3O2)NC(C#N)N6C)-c2ccccc2C42CC(C)(C)CC(C)(C)C2)cc1. The maximum Gasteiger partial charge on any atom is 0.189 e. The van der Waals surface area contributed by atoms with Crippen LogP contribution >= 0.6 is 0 Å². The van der Waals surface area contributed by atoms with Gasteiger partial charge < -0.3 is 24.4 Å². The normalized spacial score (nSPS) is 20.6. The number of nitrogens with one attached hydrogen (secondary N) is 1. The molecule has 0 aromatic heterocycles. The highest BCUT2D eigenvalue weighted by molar-refractivity contribution is 6.11. The number of methoxy groups -OCH3 is 2. The van der Waals surface area contributed by atoms with Crippen LogP contribution in [0.4, 0.5) is 11.4 Å². The number of ether oxygens (including phenoxy) is 3. The fourth-order valence-electron chi connectivity index (χ4n) is 10.8. The van der Waals surface area contributed by atoms with Crippen LogP contribution < -0.4 is 24.4 Å². The second-order valence-corrected chi connectivity index (χ2v) is 16.8. The molecule has 5 aromatic carbocycles. The third-order valence-electron chi connectivity index (χ3n) is 12.1. The van der Waals surface area contributed by atoms with Crippen molar-refractivity contribution < 1.29 is 14.2 Å². The van der Waals surface area contributed by atoms with Gasteiger partial charge in [0.15, 0.2) is 11.8 Å². The molecule has 0 radical (unpaired) electrons. The average molecular weight is 688 g/mol. The van der Waals surface area contributed by atoms with Gasteiger partial charge in [-0.1, -0.05) is 82.3 Å². The molecule has 0 amide bonds. The molecule has 52 heavy (non-hydrogen) atoms. The third kappa shape index (κ3) is 4.54. The van der Waals surface area contributed by atoms with E-state index in [4.69, 9.17) is 14.2 Å². The number of fused-ring (bicyclic) bond motifs is 11. The summed E-state index contributed by atoms with van der Waals surface area (Å²) in [6.45, 7) is 9.79. The summed E-state index contributed by atoms with van der Waals surface area (Å²) >= 11 is 0. The molecule has 1 unspecified atom stereocenters. The van der Waals surface area contributed by atoms with Crippen LogP contribution in [0.5, 0.6) is 17.2 Å². The lowest BCUT2D eigenvalue weighted by atomic mass is 9.52. The first-order valence-corrected chi connectivity index (χ1v) is 18.3. The zero-order chi connectivity index (χ0) is 36.2. The van der Waals surface area contributed by atoms with Crippen molar-refractivity contribution >= 4 is 28.2 Å². The van der Waals surface area contributed by atoms with Crippen LogP contribution in [0.15, 0.2) is 91.0 Å². The number of benzene rings is 5. The van der Waals surface area contributed by atoms with Gasteiger partial charge in [-0.25, -0.2) is 0 Å². The minimum Gasteiger partial charge on any atom is -0.497 e. The smallest absolute Gasteiger partial charge is 0.189 e. The fraction of sp³-hybridized carbons (Fsp3) is 0.326. The van der Waals surface area contributed by atoms with Gasteiger partial charge in [0.05, 0.1) is 25.6 Å². The summed E-state index contributed by atoms with van der Waals surface area (Å²) in [7, 11) is 5.38. The number of nitrogens with zero attached hydrogens (tertiary/aromatic N) is 2. The second-order valence-electron chi connectivity index (χ2n) is 16.8. The van der Waals surface area contributed by atoms with E-state index in [1.165, 1.54) is 28.7 Å². The second kappa shape index (κ2) is 11.0. The van der Waals surface area contributed by atoms with E-state index in [-0.39, 0.29) is 16.2 Å². The Balaban J connectivity index is 1.39. The van der Waals surface area contributed by atoms with E-state index in [9.17, 15) is 5.26 Å². The summed E-state index contributed by atoms with van der Waals surface area (Å²) < 4.78 is 18.8. The lowest BCUT2D eigenvalue weighted by Gasteiger charge is -2.52. The molecule has 6 heteroatoms. The lowest BCUT2D eigenvalue weighted by molar-refractivity contribution is 0.0642. The van der Waals surface area contributed by atoms with Gasteiger partial charge >= 0.3 is 0 Å². The maximum atomic E-state index is 10.1. The molecule has 1 saturated carbocycles. The molecule has 0 saturated heterocycles. The fourth-order valence-corrected chi connectivity index (χ4v) is 10.8. The van der Waals surface area contributed by atoms with E-state index in [1.54, 1.807) is 14.2 Å². The summed E-state index contributed by atoms with van der Waals surface area (Å²) in [5, 5.41) is 15.7. The molecule has 9 rings (SSSR count). The van der Waals surface area contributed by atoms with Crippen molar-refractivity contribution in [2.45, 2.75) is 64.1 Å². The van der Waals surface area contributed by atoms with Gasteiger partial charge in [0.1, 0.15) is 23.3 Å². The maximum absolute atomic E-state index is 10.1. The molecular weight excluding hydrogens is 643 g/mol. The average Bonchev–Trinajstić information content (AvgIpc) is 3.59. The first-order chi connectivity index (χ1) is 24.9. The molecular formula is C46H45N3O3. The van der Waals surface area contributed by atoms with Crippen LogP contribution in [-0.2, 0) is 11.0 Å². The number of hydrogen-bond donors (Lipinski definition) is 1. The molecule has 1 N–H and O–H groups in total. The molecule has 2 heterocycles. The Morgan fingerprint density at radius 3 is 2.02 bits per heavy atom. The van der Waals surface area contributed by atoms with E-state index in [1.807, 2.05) is 36.2 Å². The van der Waals surface area contributed by atoms with Crippen LogP contribution in [0, 0.1) is 22.2 Å². The summed E-state index contributed by atoms with van der Waals surface area (Å²) in [4.78, 5) is 2.05. The van der Waals surface area contributed by atoms with Crippen molar-refractivity contribution in [2.75, 3.05) is 31.5 Å². The summed E-state index contributed by atoms with van der Waals surface area (Å²) in [5.74, 6) is 2.44. The number of hydrogen-bond acceptors (Lipinski definition) is 6. The Hall–Kier alpha value is -5.41. The Labute approximate surface area is 306 Å². The van der Waals surface area contributed by atoms with Crippen molar-refractivity contribution in [1.82, 2.24) is 0 Å². The van der Waals surface area contributed by atoms with Gasteiger partial charge in [0.2, 0.25) is 0 Å². The zero-order valence-corrected chi connectivity index (χ0v) is 31.1. The molecule has 2 aliphatic heterocycles. The summed E-state index contributed by atoms with van der Waals surface area (Å²) in [6.07, 6.45) is 7.41. The first-order valence-electron chi connectivity index (χ1n) is 18.3. The van der Waals surface area contributed by atoms with E-state index in [2.05, 4.69) is 112 Å². The minimum absolute atomic E-state index is 0.121. The van der Waals surface area contributed by atoms with Crippen LogP contribution in [-0.4, -0.2) is 27.4 Å². The highest BCUT2D eigenvalue weighted by atomic mass is 16.5. The molecule has 262 valence electrons. The van der Waals surface area contributed by atoms with Gasteiger partial charge in [0, 0.05) is 34.5 Å². The number of anilines is 2. The van der Waals surface area contributed by atoms with Crippen molar-refractivity contribution in [3.8, 4) is 34.4 Å². The van der Waals surface area contributed by atoms with E-state index in [0.717, 1.165) is 68.9 Å². The van der Waals surface area contributed by atoms with Crippen LogP contribution in [0.25, 0.3) is 28.0 Å². The van der Waals surface area contributed by atoms with E-state index >= 15 is 0 Å². The van der Waals surface area contributed by atoms with Gasteiger partial charge in [0.25, 0.3) is 0 Å². The number of rotatable bonds is 4. The zero-order valence-electron chi connectivity index (χ0n) is 31.1. The Morgan fingerprint density at radius 2 is 1.42 bits per heavy atom. The van der Waals surface area contributed by atoms with E-state index < -0.39 is 11.8 Å². The van der Waals surface area contributed by atoms with Crippen LogP contribution in [0.1, 0.15) is 74.8 Å². The largest absolute Gasteiger partial charge is 0.497 e. The quantitative estimate of drug-likeness (QED) is 0.203. The standard InChI is InChI=1S/C46H45N3O3/c1-43(2)25-44(3,4)27-45(26-43)36-11-9-8-10-32(36)40-34-23-38-37(48-39(24-47)49(38)5)22-35(34)42-33(41(40)45)20-21-46(52-42,28-12-16-30(50-6)17-13-28)29-14-18-31(51-7)19-15-29/h8-23,39,48H,25-27H2,1-7H3. The summed E-state index contributed by atoms with van der Waals surface area (Å²) in [6, 6.07) is 32.5. The van der Waals surface area contributed by atoms with Gasteiger partial charge in [-0.15, -0.1) is 0 Å². The Kier molecular flexibility index (Phi) is 6.90. The van der Waals surface area contributed by atoms with Crippen molar-refractivity contribution in [2.24, 2.45) is 10.8 Å². The molecule has 2 aliphatic carbocycles. The first kappa shape index (κ1) is 32.5. The lowest BCUT2D eigenvalue weighted by Crippen LogP contribution is -2.44. The molecule has 5 aromatic rings.